The summed E-state index contributed by atoms with van der Waals surface area (Å²) in [6, 6.07) is 16.2. The average molecular weight is 354 g/mol. The van der Waals surface area contributed by atoms with Crippen LogP contribution in [0.5, 0.6) is 5.75 Å². The molecule has 0 aliphatic rings. The molecule has 2 rings (SSSR count). The zero-order valence-electron chi connectivity index (χ0n) is 15.5. The van der Waals surface area contributed by atoms with Crippen molar-refractivity contribution in [1.29, 1.82) is 0 Å². The molecule has 0 spiro atoms. The Morgan fingerprint density at radius 2 is 1.65 bits per heavy atom. The van der Waals surface area contributed by atoms with Gasteiger partial charge in [0.25, 0.3) is 5.91 Å². The zero-order chi connectivity index (χ0) is 18.9. The van der Waals surface area contributed by atoms with Gasteiger partial charge >= 0.3 is 0 Å². The molecule has 2 aromatic carbocycles. The fraction of sp³-hybridized carbons (Fsp3) is 0.333. The SMILES string of the molecule is Cc1ccccc1C(=O)NC(C(=O)NCCOc1ccccc1)C(C)C. The number of carbonyl (C=O) groups excluding carboxylic acids is 2. The van der Waals surface area contributed by atoms with Gasteiger partial charge in [-0.2, -0.15) is 0 Å². The number of nitrogens with one attached hydrogen (secondary N) is 2. The van der Waals surface area contributed by atoms with Gasteiger partial charge in [0.15, 0.2) is 0 Å². The summed E-state index contributed by atoms with van der Waals surface area (Å²) < 4.78 is 5.56. The third-order valence-electron chi connectivity index (χ3n) is 4.04. The van der Waals surface area contributed by atoms with Gasteiger partial charge in [0.05, 0.1) is 6.54 Å². The van der Waals surface area contributed by atoms with Crippen molar-refractivity contribution < 1.29 is 14.3 Å². The van der Waals surface area contributed by atoms with Crippen molar-refractivity contribution in [3.8, 4) is 5.75 Å². The highest BCUT2D eigenvalue weighted by Gasteiger charge is 2.24. The molecular formula is C21H26N2O3. The highest BCUT2D eigenvalue weighted by molar-refractivity contribution is 5.98. The number of hydrogen-bond acceptors (Lipinski definition) is 3. The minimum Gasteiger partial charge on any atom is -0.492 e. The van der Waals surface area contributed by atoms with E-state index in [1.165, 1.54) is 0 Å². The first-order valence-corrected chi connectivity index (χ1v) is 8.81. The van der Waals surface area contributed by atoms with E-state index in [1.54, 1.807) is 6.07 Å². The van der Waals surface area contributed by atoms with E-state index in [1.807, 2.05) is 69.3 Å². The Bertz CT molecular complexity index is 729. The van der Waals surface area contributed by atoms with Gasteiger partial charge in [-0.15, -0.1) is 0 Å². The third kappa shape index (κ3) is 5.62. The molecule has 0 saturated heterocycles. The first kappa shape index (κ1) is 19.5. The maximum Gasteiger partial charge on any atom is 0.252 e. The molecule has 5 nitrogen and oxygen atoms in total. The Hall–Kier alpha value is -2.82. The number of hydrogen-bond donors (Lipinski definition) is 2. The fourth-order valence-electron chi connectivity index (χ4n) is 2.55. The van der Waals surface area contributed by atoms with Crippen LogP contribution in [0.2, 0.25) is 0 Å². The first-order valence-electron chi connectivity index (χ1n) is 8.81. The van der Waals surface area contributed by atoms with Crippen LogP contribution in [0.15, 0.2) is 54.6 Å². The van der Waals surface area contributed by atoms with E-state index >= 15 is 0 Å². The summed E-state index contributed by atoms with van der Waals surface area (Å²) in [5.41, 5.74) is 1.46. The molecule has 2 N–H and O–H groups in total. The molecule has 1 unspecified atom stereocenters. The lowest BCUT2D eigenvalue weighted by atomic mass is 10.0. The highest BCUT2D eigenvalue weighted by atomic mass is 16.5. The second-order valence-electron chi connectivity index (χ2n) is 6.46. The number of ether oxygens (including phenoxy) is 1. The van der Waals surface area contributed by atoms with Crippen LogP contribution in [0.3, 0.4) is 0 Å². The molecule has 0 fully saturated rings. The quantitative estimate of drug-likeness (QED) is 0.716. The lowest BCUT2D eigenvalue weighted by Gasteiger charge is -2.22. The van der Waals surface area contributed by atoms with Crippen molar-refractivity contribution in [2.75, 3.05) is 13.2 Å². The molecule has 0 aliphatic carbocycles. The number of rotatable bonds is 8. The van der Waals surface area contributed by atoms with Crippen LogP contribution in [-0.2, 0) is 4.79 Å². The Labute approximate surface area is 154 Å². The van der Waals surface area contributed by atoms with Crippen LogP contribution in [0.4, 0.5) is 0 Å². The van der Waals surface area contributed by atoms with Gasteiger partial charge in [0.2, 0.25) is 5.91 Å². The van der Waals surface area contributed by atoms with E-state index in [-0.39, 0.29) is 17.7 Å². The van der Waals surface area contributed by atoms with E-state index in [2.05, 4.69) is 10.6 Å². The van der Waals surface area contributed by atoms with Crippen LogP contribution >= 0.6 is 0 Å². The summed E-state index contributed by atoms with van der Waals surface area (Å²) in [5.74, 6) is 0.282. The lowest BCUT2D eigenvalue weighted by molar-refractivity contribution is -0.124. The van der Waals surface area contributed by atoms with Gasteiger partial charge in [0, 0.05) is 5.56 Å². The maximum absolute atomic E-state index is 12.5. The second kappa shape index (κ2) is 9.61. The van der Waals surface area contributed by atoms with Crippen LogP contribution in [0.1, 0.15) is 29.8 Å². The third-order valence-corrected chi connectivity index (χ3v) is 4.04. The molecular weight excluding hydrogens is 328 g/mol. The summed E-state index contributed by atoms with van der Waals surface area (Å²) in [6.07, 6.45) is 0. The minimum atomic E-state index is -0.598. The van der Waals surface area contributed by atoms with E-state index < -0.39 is 6.04 Å². The first-order chi connectivity index (χ1) is 12.5. The van der Waals surface area contributed by atoms with Gasteiger partial charge in [0.1, 0.15) is 18.4 Å². The molecule has 5 heteroatoms. The molecule has 2 amide bonds. The number of benzene rings is 2. The second-order valence-corrected chi connectivity index (χ2v) is 6.46. The van der Waals surface area contributed by atoms with Gasteiger partial charge < -0.3 is 15.4 Å². The van der Waals surface area contributed by atoms with Crippen molar-refractivity contribution in [1.82, 2.24) is 10.6 Å². The van der Waals surface area contributed by atoms with Crippen LogP contribution in [0.25, 0.3) is 0 Å². The highest BCUT2D eigenvalue weighted by Crippen LogP contribution is 2.10. The van der Waals surface area contributed by atoms with Crippen LogP contribution < -0.4 is 15.4 Å². The molecule has 0 radical (unpaired) electrons. The predicted octanol–water partition coefficient (Wildman–Crippen LogP) is 2.94. The normalized spacial score (nSPS) is 11.7. The van der Waals surface area contributed by atoms with E-state index in [0.717, 1.165) is 11.3 Å². The number of para-hydroxylation sites is 1. The smallest absolute Gasteiger partial charge is 0.252 e. The summed E-state index contributed by atoms with van der Waals surface area (Å²) in [4.78, 5) is 25.0. The van der Waals surface area contributed by atoms with Gasteiger partial charge in [-0.3, -0.25) is 9.59 Å². The summed E-state index contributed by atoms with van der Waals surface area (Å²) >= 11 is 0. The monoisotopic (exact) mass is 354 g/mol. The molecule has 138 valence electrons. The molecule has 2 aromatic rings. The van der Waals surface area contributed by atoms with Gasteiger partial charge in [-0.1, -0.05) is 50.2 Å². The standard InChI is InChI=1S/C21H26N2O3/c1-15(2)19(23-20(24)18-12-8-7-9-16(18)3)21(25)22-13-14-26-17-10-5-4-6-11-17/h4-12,15,19H,13-14H2,1-3H3,(H,22,25)(H,23,24). The van der Waals surface area contributed by atoms with E-state index in [9.17, 15) is 9.59 Å². The number of amides is 2. The predicted molar refractivity (Wildman–Crippen MR) is 102 cm³/mol. The van der Waals surface area contributed by atoms with Crippen LogP contribution in [0, 0.1) is 12.8 Å². The van der Waals surface area contributed by atoms with Crippen LogP contribution in [-0.4, -0.2) is 31.0 Å². The Balaban J connectivity index is 1.87. The van der Waals surface area contributed by atoms with Crippen molar-refractivity contribution in [3.63, 3.8) is 0 Å². The molecule has 0 aromatic heterocycles. The molecule has 0 bridgehead atoms. The largest absolute Gasteiger partial charge is 0.492 e. The van der Waals surface area contributed by atoms with E-state index in [4.69, 9.17) is 4.74 Å². The van der Waals surface area contributed by atoms with Crippen molar-refractivity contribution >= 4 is 11.8 Å². The average Bonchev–Trinajstić information content (AvgIpc) is 2.64. The van der Waals surface area contributed by atoms with Crippen molar-refractivity contribution in [2.45, 2.75) is 26.8 Å². The maximum atomic E-state index is 12.5. The Kier molecular flexibility index (Phi) is 7.21. The van der Waals surface area contributed by atoms with E-state index in [0.29, 0.717) is 18.7 Å². The van der Waals surface area contributed by atoms with Crippen molar-refractivity contribution in [3.05, 3.63) is 65.7 Å². The fourth-order valence-corrected chi connectivity index (χ4v) is 2.55. The number of carbonyl (C=O) groups is 2. The van der Waals surface area contributed by atoms with Gasteiger partial charge in [-0.05, 0) is 36.6 Å². The van der Waals surface area contributed by atoms with Crippen molar-refractivity contribution in [2.24, 2.45) is 5.92 Å². The molecule has 0 aliphatic heterocycles. The molecule has 0 heterocycles. The minimum absolute atomic E-state index is 0.0296. The zero-order valence-corrected chi connectivity index (χ0v) is 15.5. The topological polar surface area (TPSA) is 67.4 Å². The Morgan fingerprint density at radius 1 is 1.00 bits per heavy atom. The summed E-state index contributed by atoms with van der Waals surface area (Å²) in [7, 11) is 0. The summed E-state index contributed by atoms with van der Waals surface area (Å²) in [6.45, 7) is 6.43. The number of aryl methyl sites for hydroxylation is 1. The molecule has 1 atom stereocenters. The lowest BCUT2D eigenvalue weighted by Crippen LogP contribution is -2.50. The Morgan fingerprint density at radius 3 is 2.31 bits per heavy atom. The summed E-state index contributed by atoms with van der Waals surface area (Å²) in [5, 5.41) is 5.67. The molecule has 0 saturated carbocycles. The van der Waals surface area contributed by atoms with Gasteiger partial charge in [-0.25, -0.2) is 0 Å². The molecule has 26 heavy (non-hydrogen) atoms.